The Labute approximate surface area is 288 Å². The van der Waals surface area contributed by atoms with Crippen LogP contribution in [0.4, 0.5) is 26.3 Å². The van der Waals surface area contributed by atoms with Gasteiger partial charge in [0.05, 0.1) is 57.7 Å². The number of alkyl halides is 6. The van der Waals surface area contributed by atoms with E-state index in [0.29, 0.717) is 0 Å². The van der Waals surface area contributed by atoms with Gasteiger partial charge in [-0.3, -0.25) is 0 Å². The van der Waals surface area contributed by atoms with Gasteiger partial charge in [-0.1, -0.05) is 0 Å². The normalized spacial score (nSPS) is 14.9. The summed E-state index contributed by atoms with van der Waals surface area (Å²) in [6, 6.07) is 21.8. The van der Waals surface area contributed by atoms with Crippen molar-refractivity contribution in [3.8, 4) is 48.6 Å². The standard InChI is InChI=1S/C36H8F6N8O2/c37-35(38,39)51-33-29(15-49)23-7-24-26(8-25(23)31(33)27(13-47)21-3-17(9-43)1-18(4-21)10-44)32(34(30(24)16-50)52-36(40,41)42)28(14-48)22-5-19(11-45)2-20(6-22)12-46/h1-8H/b31-27-,32-28-. The van der Waals surface area contributed by atoms with E-state index in [1.54, 1.807) is 36.4 Å². The van der Waals surface area contributed by atoms with Gasteiger partial charge >= 0.3 is 12.7 Å². The van der Waals surface area contributed by atoms with Crippen LogP contribution in [0.3, 0.4) is 0 Å². The van der Waals surface area contributed by atoms with Crippen molar-refractivity contribution in [1.29, 1.82) is 42.1 Å². The van der Waals surface area contributed by atoms with Gasteiger partial charge in [-0.2, -0.15) is 42.1 Å². The molecule has 0 unspecified atom stereocenters. The lowest BCUT2D eigenvalue weighted by molar-refractivity contribution is -0.303. The maximum Gasteiger partial charge on any atom is 0.573 e. The van der Waals surface area contributed by atoms with Gasteiger partial charge in [0.15, 0.2) is 11.5 Å². The number of fused-ring (bicyclic) bond motifs is 2. The summed E-state index contributed by atoms with van der Waals surface area (Å²) in [5.74, 6) is -2.43. The molecule has 0 amide bonds. The molecule has 2 aliphatic rings. The fourth-order valence-electron chi connectivity index (χ4n) is 5.65. The van der Waals surface area contributed by atoms with Crippen LogP contribution in [0.25, 0.3) is 33.4 Å². The molecule has 0 N–H and O–H groups in total. The van der Waals surface area contributed by atoms with Crippen molar-refractivity contribution in [2.45, 2.75) is 12.7 Å². The lowest BCUT2D eigenvalue weighted by Gasteiger charge is -2.16. The van der Waals surface area contributed by atoms with Crippen LogP contribution in [0.2, 0.25) is 0 Å². The Morgan fingerprint density at radius 2 is 0.731 bits per heavy atom. The number of allylic oxidation sites excluding steroid dienone is 6. The van der Waals surface area contributed by atoms with Gasteiger partial charge in [0.2, 0.25) is 0 Å². The lowest BCUT2D eigenvalue weighted by Crippen LogP contribution is -2.14. The molecule has 3 aromatic carbocycles. The first-order valence-corrected chi connectivity index (χ1v) is 13.9. The number of benzene rings is 3. The predicted octanol–water partition coefficient (Wildman–Crippen LogP) is 7.61. The molecule has 3 aromatic rings. The molecule has 0 bridgehead atoms. The molecule has 2 aliphatic carbocycles. The highest BCUT2D eigenvalue weighted by Crippen LogP contribution is 2.54. The minimum Gasteiger partial charge on any atom is -0.404 e. The fourth-order valence-corrected chi connectivity index (χ4v) is 5.65. The van der Waals surface area contributed by atoms with E-state index < -0.39 is 79.9 Å². The molecule has 246 valence electrons. The Hall–Kier alpha value is -8.28. The molecule has 52 heavy (non-hydrogen) atoms. The van der Waals surface area contributed by atoms with E-state index in [1.165, 1.54) is 12.1 Å². The number of ether oxygens (including phenoxy) is 2. The third-order valence-electron chi connectivity index (χ3n) is 7.49. The number of halogens is 6. The molecule has 0 fully saturated rings. The maximum atomic E-state index is 13.9. The van der Waals surface area contributed by atoms with Gasteiger partial charge < -0.3 is 9.47 Å². The van der Waals surface area contributed by atoms with Crippen LogP contribution in [-0.4, -0.2) is 12.7 Å². The maximum absolute atomic E-state index is 13.9. The monoisotopic (exact) mass is 698 g/mol. The Bertz CT molecular complexity index is 2400. The van der Waals surface area contributed by atoms with Gasteiger partial charge in [0.25, 0.3) is 0 Å². The third kappa shape index (κ3) is 6.19. The van der Waals surface area contributed by atoms with Crippen LogP contribution in [0.15, 0.2) is 60.0 Å². The lowest BCUT2D eigenvalue weighted by atomic mass is 9.89. The Kier molecular flexibility index (Phi) is 8.74. The minimum absolute atomic E-state index is 0.186. The van der Waals surface area contributed by atoms with Crippen molar-refractivity contribution in [3.63, 3.8) is 0 Å². The summed E-state index contributed by atoms with van der Waals surface area (Å²) in [7, 11) is 0. The predicted molar refractivity (Wildman–Crippen MR) is 162 cm³/mol. The molecule has 16 heteroatoms. The highest BCUT2D eigenvalue weighted by Gasteiger charge is 2.44. The first-order chi connectivity index (χ1) is 24.6. The summed E-state index contributed by atoms with van der Waals surface area (Å²) in [6.45, 7) is 0. The summed E-state index contributed by atoms with van der Waals surface area (Å²) < 4.78 is 91.8. The minimum atomic E-state index is -5.48. The molecular formula is C36H8F6N8O2. The summed E-state index contributed by atoms with van der Waals surface area (Å²) in [6.07, 6.45) is -11.0. The molecule has 0 atom stereocenters. The number of nitriles is 8. The molecule has 0 aliphatic heterocycles. The van der Waals surface area contributed by atoms with Crippen LogP contribution in [0.5, 0.6) is 0 Å². The van der Waals surface area contributed by atoms with Gasteiger partial charge in [-0.25, -0.2) is 0 Å². The number of hydrogen-bond acceptors (Lipinski definition) is 10. The molecular weight excluding hydrogens is 690 g/mol. The second-order valence-corrected chi connectivity index (χ2v) is 10.4. The zero-order chi connectivity index (χ0) is 38.1. The molecule has 0 saturated heterocycles. The molecule has 0 radical (unpaired) electrons. The van der Waals surface area contributed by atoms with E-state index in [9.17, 15) is 68.4 Å². The number of hydrogen-bond donors (Lipinski definition) is 0. The van der Waals surface area contributed by atoms with Crippen LogP contribution >= 0.6 is 0 Å². The van der Waals surface area contributed by atoms with Gasteiger partial charge in [0, 0.05) is 22.3 Å². The highest BCUT2D eigenvalue weighted by atomic mass is 19.4. The smallest absolute Gasteiger partial charge is 0.404 e. The zero-order valence-electron chi connectivity index (χ0n) is 25.3. The molecule has 0 spiro atoms. The van der Waals surface area contributed by atoms with E-state index in [-0.39, 0.29) is 33.4 Å². The fraction of sp³-hybridized carbons (Fsp3) is 0.0556. The van der Waals surface area contributed by atoms with E-state index in [1.807, 2.05) is 0 Å². The first-order valence-electron chi connectivity index (χ1n) is 13.9. The van der Waals surface area contributed by atoms with E-state index in [0.717, 1.165) is 48.5 Å². The highest BCUT2D eigenvalue weighted by molar-refractivity contribution is 6.18. The van der Waals surface area contributed by atoms with Crippen molar-refractivity contribution in [3.05, 3.63) is 116 Å². The van der Waals surface area contributed by atoms with Gasteiger partial charge in [-0.15, -0.1) is 26.3 Å². The molecule has 10 nitrogen and oxygen atoms in total. The second kappa shape index (κ2) is 13.0. The summed E-state index contributed by atoms with van der Waals surface area (Å²) in [4.78, 5) is 0. The topological polar surface area (TPSA) is 209 Å². The van der Waals surface area contributed by atoms with Gasteiger partial charge in [-0.05, 0) is 70.8 Å². The number of rotatable bonds is 4. The molecule has 5 rings (SSSR count). The zero-order valence-corrected chi connectivity index (χ0v) is 25.3. The van der Waals surface area contributed by atoms with Crippen LogP contribution < -0.4 is 0 Å². The molecule has 0 aromatic heterocycles. The van der Waals surface area contributed by atoms with E-state index in [4.69, 9.17) is 0 Å². The van der Waals surface area contributed by atoms with Crippen LogP contribution in [0.1, 0.15) is 55.6 Å². The van der Waals surface area contributed by atoms with Crippen molar-refractivity contribution < 1.29 is 35.8 Å². The third-order valence-corrected chi connectivity index (χ3v) is 7.49. The Morgan fingerprint density at radius 1 is 0.423 bits per heavy atom. The summed E-state index contributed by atoms with van der Waals surface area (Å²) in [5.41, 5.74) is -7.50. The van der Waals surface area contributed by atoms with Gasteiger partial charge in [0.1, 0.15) is 35.4 Å². The average molecular weight is 699 g/mol. The molecule has 0 heterocycles. The quantitative estimate of drug-likeness (QED) is 0.192. The first kappa shape index (κ1) is 35.0. The molecule has 0 saturated carbocycles. The van der Waals surface area contributed by atoms with Crippen molar-refractivity contribution >= 4 is 33.4 Å². The summed E-state index contributed by atoms with van der Waals surface area (Å²) in [5, 5.41) is 78.8. The summed E-state index contributed by atoms with van der Waals surface area (Å²) >= 11 is 0. The number of nitrogens with zero attached hydrogens (tertiary/aromatic N) is 8. The Balaban J connectivity index is 2.00. The second-order valence-electron chi connectivity index (χ2n) is 10.4. The Morgan fingerprint density at radius 3 is 0.981 bits per heavy atom. The van der Waals surface area contributed by atoms with Crippen LogP contribution in [-0.2, 0) is 9.47 Å². The van der Waals surface area contributed by atoms with E-state index in [2.05, 4.69) is 9.47 Å². The van der Waals surface area contributed by atoms with Crippen molar-refractivity contribution in [2.24, 2.45) is 0 Å². The SMILES string of the molecule is N#CC1=C(OC(F)(F)F)/C(=C(/C#N)c2cc(C#N)cc(C#N)c2)c2cc3c(cc21)C(C#N)=C(OC(F)(F)F)/C3=C(/C#N)c1cc(C#N)cc(C#N)c1. The van der Waals surface area contributed by atoms with Crippen molar-refractivity contribution in [1.82, 2.24) is 0 Å². The average Bonchev–Trinajstić information content (AvgIpc) is 3.55. The largest absolute Gasteiger partial charge is 0.573 e. The van der Waals surface area contributed by atoms with E-state index >= 15 is 0 Å². The van der Waals surface area contributed by atoms with Crippen LogP contribution in [0, 0.1) is 90.6 Å². The van der Waals surface area contributed by atoms with Crippen molar-refractivity contribution in [2.75, 3.05) is 0 Å².